The van der Waals surface area contributed by atoms with Crippen LogP contribution in [0.5, 0.6) is 11.5 Å². The summed E-state index contributed by atoms with van der Waals surface area (Å²) >= 11 is 0. The van der Waals surface area contributed by atoms with Crippen LogP contribution in [0, 0.1) is 5.41 Å². The first-order valence-electron chi connectivity index (χ1n) is 11.3. The van der Waals surface area contributed by atoms with E-state index >= 15 is 0 Å². The maximum absolute atomic E-state index is 13.5. The van der Waals surface area contributed by atoms with Gasteiger partial charge >= 0.3 is 0 Å². The molecular formula is C28H29NO3. The van der Waals surface area contributed by atoms with E-state index < -0.39 is 0 Å². The number of hydrogen-bond donors (Lipinski definition) is 1. The average molecular weight is 428 g/mol. The number of rotatable bonds is 4. The molecule has 4 heteroatoms. The molecule has 0 saturated carbocycles. The molecule has 3 aromatic carbocycles. The van der Waals surface area contributed by atoms with Crippen molar-refractivity contribution in [3.8, 4) is 11.5 Å². The zero-order chi connectivity index (χ0) is 22.5. The van der Waals surface area contributed by atoms with E-state index in [-0.39, 0.29) is 17.2 Å². The molecule has 0 spiro atoms. The van der Waals surface area contributed by atoms with Gasteiger partial charge in [-0.05, 0) is 58.9 Å². The van der Waals surface area contributed by atoms with Crippen molar-refractivity contribution in [3.63, 3.8) is 0 Å². The third kappa shape index (κ3) is 3.35. The molecule has 0 aromatic heterocycles. The summed E-state index contributed by atoms with van der Waals surface area (Å²) in [6.07, 6.45) is 1.43. The third-order valence-electron chi connectivity index (χ3n) is 6.56. The van der Waals surface area contributed by atoms with E-state index in [0.29, 0.717) is 24.5 Å². The molecule has 32 heavy (non-hydrogen) atoms. The molecule has 0 saturated heterocycles. The number of methoxy groups -OCH3 is 1. The minimum Gasteiger partial charge on any atom is -0.493 e. The Hall–Kier alpha value is -3.27. The smallest absolute Gasteiger partial charge is 0.162 e. The van der Waals surface area contributed by atoms with Gasteiger partial charge in [0.05, 0.1) is 19.8 Å². The van der Waals surface area contributed by atoms with Crippen molar-refractivity contribution in [1.82, 2.24) is 0 Å². The molecule has 1 atom stereocenters. The van der Waals surface area contributed by atoms with Crippen LogP contribution in [-0.4, -0.2) is 19.5 Å². The molecule has 4 nitrogen and oxygen atoms in total. The van der Waals surface area contributed by atoms with Crippen LogP contribution in [-0.2, 0) is 4.79 Å². The monoisotopic (exact) mass is 427 g/mol. The van der Waals surface area contributed by atoms with Crippen LogP contribution in [0.1, 0.15) is 50.8 Å². The van der Waals surface area contributed by atoms with E-state index in [9.17, 15) is 4.79 Å². The van der Waals surface area contributed by atoms with Gasteiger partial charge in [0.2, 0.25) is 0 Å². The quantitative estimate of drug-likeness (QED) is 0.512. The van der Waals surface area contributed by atoms with Crippen molar-refractivity contribution < 1.29 is 14.3 Å². The van der Waals surface area contributed by atoms with E-state index in [4.69, 9.17) is 9.47 Å². The van der Waals surface area contributed by atoms with Crippen LogP contribution >= 0.6 is 0 Å². The lowest BCUT2D eigenvalue weighted by molar-refractivity contribution is -0.118. The standard InChI is InChI=1S/C28H29NO3/c1-5-32-23-13-11-18(14-24(23)31-4)27-26-20(15-28(2,3)16-22(26)30)25-19-9-7-6-8-17(19)10-12-21(25)29-27/h6-14,27,29H,5,15-16H2,1-4H3/t27-/m1/s1. The SMILES string of the molecule is CCOc1ccc([C@H]2Nc3ccc4ccccc4c3C3=C2C(=O)CC(C)(C)C3)cc1OC. The third-order valence-corrected chi connectivity index (χ3v) is 6.56. The van der Waals surface area contributed by atoms with Crippen molar-refractivity contribution in [2.24, 2.45) is 5.41 Å². The van der Waals surface area contributed by atoms with Crippen molar-refractivity contribution in [1.29, 1.82) is 0 Å². The number of anilines is 1. The second-order valence-corrected chi connectivity index (χ2v) is 9.46. The van der Waals surface area contributed by atoms with Gasteiger partial charge in [-0.1, -0.05) is 50.2 Å². The first kappa shape index (κ1) is 20.6. The number of hydrogen-bond acceptors (Lipinski definition) is 4. The predicted octanol–water partition coefficient (Wildman–Crippen LogP) is 6.56. The Labute approximate surface area is 189 Å². The number of carbonyl (C=O) groups is 1. The number of fused-ring (bicyclic) bond motifs is 4. The summed E-state index contributed by atoms with van der Waals surface area (Å²) in [6, 6.07) is 18.5. The fourth-order valence-corrected chi connectivity index (χ4v) is 5.23. The van der Waals surface area contributed by atoms with Crippen LogP contribution < -0.4 is 14.8 Å². The first-order valence-corrected chi connectivity index (χ1v) is 11.3. The van der Waals surface area contributed by atoms with Gasteiger partial charge in [0.25, 0.3) is 0 Å². The van der Waals surface area contributed by atoms with Gasteiger partial charge in [-0.15, -0.1) is 0 Å². The number of ether oxygens (including phenoxy) is 2. The Morgan fingerprint density at radius 3 is 2.62 bits per heavy atom. The van der Waals surface area contributed by atoms with Crippen molar-refractivity contribution in [2.75, 3.05) is 19.0 Å². The second-order valence-electron chi connectivity index (χ2n) is 9.46. The lowest BCUT2D eigenvalue weighted by Crippen LogP contribution is -2.33. The molecule has 1 heterocycles. The fourth-order valence-electron chi connectivity index (χ4n) is 5.23. The minimum absolute atomic E-state index is 0.0669. The predicted molar refractivity (Wildman–Crippen MR) is 129 cm³/mol. The van der Waals surface area contributed by atoms with E-state index in [1.165, 1.54) is 21.9 Å². The second kappa shape index (κ2) is 7.70. The van der Waals surface area contributed by atoms with E-state index in [2.05, 4.69) is 55.6 Å². The summed E-state index contributed by atoms with van der Waals surface area (Å²) < 4.78 is 11.3. The van der Waals surface area contributed by atoms with Gasteiger partial charge in [0.1, 0.15) is 0 Å². The number of Topliss-reactive ketones (excluding diaryl/α,β-unsaturated/α-hetero) is 1. The van der Waals surface area contributed by atoms with Crippen LogP contribution in [0.4, 0.5) is 5.69 Å². The fraction of sp³-hybridized carbons (Fsp3) is 0.321. The molecule has 0 unspecified atom stereocenters. The summed E-state index contributed by atoms with van der Waals surface area (Å²) in [5.41, 5.74) is 5.25. The molecule has 3 aromatic rings. The molecule has 0 fully saturated rings. The summed E-state index contributed by atoms with van der Waals surface area (Å²) in [5, 5.41) is 6.07. The topological polar surface area (TPSA) is 47.6 Å². The molecule has 1 aliphatic carbocycles. The molecule has 0 radical (unpaired) electrons. The van der Waals surface area contributed by atoms with Gasteiger partial charge in [0.15, 0.2) is 17.3 Å². The maximum Gasteiger partial charge on any atom is 0.162 e. The van der Waals surface area contributed by atoms with Crippen LogP contribution in [0.2, 0.25) is 0 Å². The molecule has 5 rings (SSSR count). The maximum atomic E-state index is 13.5. The lowest BCUT2D eigenvalue weighted by atomic mass is 9.68. The summed E-state index contributed by atoms with van der Waals surface area (Å²) in [7, 11) is 1.65. The Bertz CT molecular complexity index is 1250. The summed E-state index contributed by atoms with van der Waals surface area (Å²) in [5.74, 6) is 1.62. The highest BCUT2D eigenvalue weighted by Crippen LogP contribution is 2.52. The molecule has 1 aliphatic heterocycles. The highest BCUT2D eigenvalue weighted by atomic mass is 16.5. The van der Waals surface area contributed by atoms with E-state index in [1.807, 2.05) is 25.1 Å². The number of ketones is 1. The Morgan fingerprint density at radius 2 is 1.84 bits per heavy atom. The van der Waals surface area contributed by atoms with Crippen molar-refractivity contribution in [2.45, 2.75) is 39.7 Å². The van der Waals surface area contributed by atoms with Gasteiger partial charge in [-0.3, -0.25) is 4.79 Å². The van der Waals surface area contributed by atoms with Crippen molar-refractivity contribution in [3.05, 3.63) is 71.3 Å². The normalized spacial score (nSPS) is 19.2. The highest BCUT2D eigenvalue weighted by Gasteiger charge is 2.40. The number of nitrogens with one attached hydrogen (secondary N) is 1. The van der Waals surface area contributed by atoms with Crippen LogP contribution in [0.25, 0.3) is 16.3 Å². The molecule has 0 amide bonds. The number of benzene rings is 3. The number of allylic oxidation sites excluding steroid dienone is 1. The average Bonchev–Trinajstić information content (AvgIpc) is 2.77. The summed E-state index contributed by atoms with van der Waals surface area (Å²) in [6.45, 7) is 6.91. The minimum atomic E-state index is -0.216. The molecule has 1 N–H and O–H groups in total. The molecule has 0 bridgehead atoms. The lowest BCUT2D eigenvalue weighted by Gasteiger charge is -2.40. The first-order chi connectivity index (χ1) is 15.4. The van der Waals surface area contributed by atoms with Gasteiger partial charge < -0.3 is 14.8 Å². The Morgan fingerprint density at radius 1 is 1.03 bits per heavy atom. The van der Waals surface area contributed by atoms with Crippen LogP contribution in [0.3, 0.4) is 0 Å². The molecule has 164 valence electrons. The Kier molecular flexibility index (Phi) is 4.96. The molecular weight excluding hydrogens is 398 g/mol. The largest absolute Gasteiger partial charge is 0.493 e. The summed E-state index contributed by atoms with van der Waals surface area (Å²) in [4.78, 5) is 13.5. The molecule has 2 aliphatic rings. The zero-order valence-corrected chi connectivity index (χ0v) is 19.1. The van der Waals surface area contributed by atoms with Gasteiger partial charge in [-0.2, -0.15) is 0 Å². The van der Waals surface area contributed by atoms with E-state index in [1.54, 1.807) is 7.11 Å². The van der Waals surface area contributed by atoms with Crippen LogP contribution in [0.15, 0.2) is 60.2 Å². The Balaban J connectivity index is 1.73. The van der Waals surface area contributed by atoms with E-state index in [0.717, 1.165) is 23.2 Å². The van der Waals surface area contributed by atoms with Gasteiger partial charge in [0, 0.05) is 23.2 Å². The van der Waals surface area contributed by atoms with Gasteiger partial charge in [-0.25, -0.2) is 0 Å². The van der Waals surface area contributed by atoms with Crippen molar-refractivity contribution >= 4 is 27.8 Å². The highest BCUT2D eigenvalue weighted by molar-refractivity contribution is 6.12. The zero-order valence-electron chi connectivity index (χ0n) is 19.1. The number of carbonyl (C=O) groups excluding carboxylic acids is 1.